The first-order valence-corrected chi connectivity index (χ1v) is 10.3. The number of anilines is 1. The van der Waals surface area contributed by atoms with E-state index >= 15 is 0 Å². The zero-order valence-corrected chi connectivity index (χ0v) is 15.8. The first-order chi connectivity index (χ1) is 12.2. The van der Waals surface area contributed by atoms with Crippen molar-refractivity contribution < 1.29 is 0 Å². The van der Waals surface area contributed by atoms with Gasteiger partial charge in [-0.2, -0.15) is 0 Å². The maximum Gasteiger partial charge on any atom is 0.0866 e. The van der Waals surface area contributed by atoms with E-state index in [1.165, 1.54) is 59.1 Å². The topological polar surface area (TPSA) is 16.1 Å². The van der Waals surface area contributed by atoms with Gasteiger partial charge in [0, 0.05) is 22.3 Å². The van der Waals surface area contributed by atoms with Crippen LogP contribution in [0.25, 0.3) is 10.2 Å². The molecule has 1 aromatic carbocycles. The molecule has 1 unspecified atom stereocenters. The highest BCUT2D eigenvalue weighted by Crippen LogP contribution is 2.59. The van der Waals surface area contributed by atoms with Crippen LogP contribution < -0.4 is 4.90 Å². The number of nitrogens with zero attached hydrogens (tertiary/aromatic N) is 2. The molecule has 3 heteroatoms. The number of fused-ring (bicyclic) bond motifs is 4. The molecule has 128 valence electrons. The van der Waals surface area contributed by atoms with Gasteiger partial charge in [0.15, 0.2) is 0 Å². The Morgan fingerprint density at radius 3 is 2.68 bits per heavy atom. The van der Waals surface area contributed by atoms with Crippen LogP contribution in [0.15, 0.2) is 42.6 Å². The lowest BCUT2D eigenvalue weighted by Crippen LogP contribution is -2.44. The molecule has 2 aromatic heterocycles. The number of hydrogen-bond acceptors (Lipinski definition) is 3. The predicted octanol–water partition coefficient (Wildman–Crippen LogP) is 6.35. The summed E-state index contributed by atoms with van der Waals surface area (Å²) < 4.78 is 1.36. The van der Waals surface area contributed by atoms with Gasteiger partial charge in [-0.25, -0.2) is 0 Å². The highest BCUT2D eigenvalue weighted by molar-refractivity contribution is 7.19. The Balaban J connectivity index is 1.78. The van der Waals surface area contributed by atoms with Crippen molar-refractivity contribution in [2.75, 3.05) is 4.90 Å². The van der Waals surface area contributed by atoms with E-state index in [2.05, 4.69) is 55.1 Å². The van der Waals surface area contributed by atoms with Gasteiger partial charge in [-0.15, -0.1) is 11.3 Å². The molecule has 5 rings (SSSR count). The van der Waals surface area contributed by atoms with E-state index in [0.717, 1.165) is 0 Å². The molecule has 0 bridgehead atoms. The summed E-state index contributed by atoms with van der Waals surface area (Å²) in [4.78, 5) is 9.12. The predicted molar refractivity (Wildman–Crippen MR) is 106 cm³/mol. The van der Waals surface area contributed by atoms with Crippen LogP contribution in [0.5, 0.6) is 0 Å². The van der Waals surface area contributed by atoms with Crippen LogP contribution in [-0.4, -0.2) is 4.98 Å². The lowest BCUT2D eigenvalue weighted by atomic mass is 9.80. The van der Waals surface area contributed by atoms with Gasteiger partial charge in [0.05, 0.1) is 21.8 Å². The molecule has 1 aliphatic carbocycles. The molecule has 1 fully saturated rings. The van der Waals surface area contributed by atoms with Crippen LogP contribution >= 0.6 is 11.3 Å². The van der Waals surface area contributed by atoms with Crippen molar-refractivity contribution in [3.05, 3.63) is 58.6 Å². The minimum atomic E-state index is 0.171. The largest absolute Gasteiger partial charge is 0.354 e. The summed E-state index contributed by atoms with van der Waals surface area (Å²) in [6, 6.07) is 13.6. The van der Waals surface area contributed by atoms with Crippen LogP contribution in [0.2, 0.25) is 0 Å². The fourth-order valence-corrected chi connectivity index (χ4v) is 6.66. The Hall–Kier alpha value is -1.87. The maximum absolute atomic E-state index is 4.78. The van der Waals surface area contributed by atoms with Crippen molar-refractivity contribution in [2.24, 2.45) is 0 Å². The van der Waals surface area contributed by atoms with Crippen molar-refractivity contribution in [2.45, 2.75) is 57.5 Å². The van der Waals surface area contributed by atoms with Crippen molar-refractivity contribution in [3.8, 4) is 0 Å². The zero-order valence-electron chi connectivity index (χ0n) is 15.0. The number of aryl methyl sites for hydroxylation is 1. The Bertz CT molecular complexity index is 936. The number of rotatable bonds is 1. The van der Waals surface area contributed by atoms with Gasteiger partial charge in [-0.3, -0.25) is 4.98 Å². The van der Waals surface area contributed by atoms with Crippen molar-refractivity contribution in [3.63, 3.8) is 0 Å². The molecule has 3 heterocycles. The summed E-state index contributed by atoms with van der Waals surface area (Å²) in [6.45, 7) is 4.64. The fourth-order valence-electron chi connectivity index (χ4n) is 5.17. The van der Waals surface area contributed by atoms with Gasteiger partial charge in [0.25, 0.3) is 0 Å². The summed E-state index contributed by atoms with van der Waals surface area (Å²) >= 11 is 2.00. The first-order valence-electron chi connectivity index (χ1n) is 9.45. The van der Waals surface area contributed by atoms with Crippen molar-refractivity contribution in [1.82, 2.24) is 4.98 Å². The number of pyridine rings is 1. The van der Waals surface area contributed by atoms with Gasteiger partial charge in [-0.05, 0) is 50.5 Å². The standard InChI is InChI=1S/C22H24N2S/c1-15-9-4-5-10-17(15)24-16(2)19-20-18(11-8-14-23-20)25-21(19)22(24)12-6-3-7-13-22/h4-5,8-11,14,16H,3,6-7,12-13H2,1-2H3. The lowest BCUT2D eigenvalue weighted by Gasteiger charge is -2.45. The van der Waals surface area contributed by atoms with E-state index in [4.69, 9.17) is 4.98 Å². The van der Waals surface area contributed by atoms with E-state index in [9.17, 15) is 0 Å². The monoisotopic (exact) mass is 348 g/mol. The van der Waals surface area contributed by atoms with Gasteiger partial charge in [0.2, 0.25) is 0 Å². The van der Waals surface area contributed by atoms with Crippen LogP contribution in [0.3, 0.4) is 0 Å². The molecule has 0 amide bonds. The minimum absolute atomic E-state index is 0.171. The third kappa shape index (κ3) is 2.05. The Morgan fingerprint density at radius 2 is 1.88 bits per heavy atom. The minimum Gasteiger partial charge on any atom is -0.354 e. The molecular weight excluding hydrogens is 324 g/mol. The van der Waals surface area contributed by atoms with Crippen LogP contribution in [0, 0.1) is 6.92 Å². The quantitative estimate of drug-likeness (QED) is 0.510. The van der Waals surface area contributed by atoms with Gasteiger partial charge >= 0.3 is 0 Å². The van der Waals surface area contributed by atoms with E-state index in [1.807, 2.05) is 17.5 Å². The van der Waals surface area contributed by atoms with E-state index in [-0.39, 0.29) is 5.54 Å². The second-order valence-corrected chi connectivity index (χ2v) is 8.67. The Morgan fingerprint density at radius 1 is 1.08 bits per heavy atom. The van der Waals surface area contributed by atoms with Crippen LogP contribution in [0.1, 0.15) is 61.1 Å². The molecule has 0 radical (unpaired) electrons. The Labute approximate surface area is 153 Å². The second-order valence-electron chi connectivity index (χ2n) is 7.62. The number of thiophene rings is 1. The van der Waals surface area contributed by atoms with E-state index < -0.39 is 0 Å². The number of hydrogen-bond donors (Lipinski definition) is 0. The molecule has 2 nitrogen and oxygen atoms in total. The van der Waals surface area contributed by atoms with Crippen LogP contribution in [-0.2, 0) is 5.54 Å². The third-order valence-corrected chi connectivity index (χ3v) is 7.58. The molecule has 3 aromatic rings. The second kappa shape index (κ2) is 5.57. The smallest absolute Gasteiger partial charge is 0.0866 e. The normalized spacial score (nSPS) is 21.8. The van der Waals surface area contributed by atoms with Crippen molar-refractivity contribution in [1.29, 1.82) is 0 Å². The number of benzene rings is 1. The molecule has 1 saturated carbocycles. The van der Waals surface area contributed by atoms with E-state index in [1.54, 1.807) is 4.88 Å². The molecule has 2 aliphatic rings. The summed E-state index contributed by atoms with van der Waals surface area (Å²) in [5.74, 6) is 0. The molecule has 0 N–H and O–H groups in total. The highest BCUT2D eigenvalue weighted by atomic mass is 32.1. The average Bonchev–Trinajstić information content (AvgIpc) is 3.13. The third-order valence-electron chi connectivity index (χ3n) is 6.23. The molecule has 0 saturated heterocycles. The molecule has 1 spiro atoms. The highest BCUT2D eigenvalue weighted by Gasteiger charge is 2.51. The average molecular weight is 349 g/mol. The van der Waals surface area contributed by atoms with Gasteiger partial charge in [-0.1, -0.05) is 37.5 Å². The SMILES string of the molecule is Cc1ccccc1N1C(C)c2c(sc3cccnc23)C12CCCCC2. The van der Waals surface area contributed by atoms with Crippen molar-refractivity contribution >= 4 is 27.2 Å². The summed E-state index contributed by atoms with van der Waals surface area (Å²) in [5.41, 5.74) is 5.68. The first kappa shape index (κ1) is 15.4. The number of para-hydroxylation sites is 1. The molecule has 1 aliphatic heterocycles. The van der Waals surface area contributed by atoms with Gasteiger partial charge in [0.1, 0.15) is 0 Å². The zero-order chi connectivity index (χ0) is 17.0. The number of aromatic nitrogens is 1. The maximum atomic E-state index is 4.78. The van der Waals surface area contributed by atoms with Gasteiger partial charge < -0.3 is 4.90 Å². The summed E-state index contributed by atoms with van der Waals surface area (Å²) in [7, 11) is 0. The Kier molecular flexibility index (Phi) is 3.43. The molecule has 25 heavy (non-hydrogen) atoms. The fraction of sp³-hybridized carbons (Fsp3) is 0.409. The van der Waals surface area contributed by atoms with E-state index in [0.29, 0.717) is 6.04 Å². The molecular formula is C22H24N2S. The summed E-state index contributed by atoms with van der Waals surface area (Å²) in [6.07, 6.45) is 8.52. The molecule has 1 atom stereocenters. The summed E-state index contributed by atoms with van der Waals surface area (Å²) in [5, 5.41) is 0. The van der Waals surface area contributed by atoms with Crippen LogP contribution in [0.4, 0.5) is 5.69 Å². The lowest BCUT2D eigenvalue weighted by molar-refractivity contribution is 0.288.